The number of aromatic nitrogens is 1. The van der Waals surface area contributed by atoms with Crippen LogP contribution < -0.4 is 9.47 Å². The van der Waals surface area contributed by atoms with Crippen LogP contribution in [0.25, 0.3) is 0 Å². The normalized spacial score (nSPS) is 22.4. The Bertz CT molecular complexity index is 854. The van der Waals surface area contributed by atoms with Crippen LogP contribution in [0.2, 0.25) is 0 Å². The molecule has 1 fully saturated rings. The van der Waals surface area contributed by atoms with Crippen LogP contribution in [0.1, 0.15) is 57.7 Å². The van der Waals surface area contributed by atoms with Crippen molar-refractivity contribution >= 4 is 17.4 Å². The highest BCUT2D eigenvalue weighted by Crippen LogP contribution is 2.49. The van der Waals surface area contributed by atoms with Crippen LogP contribution in [-0.2, 0) is 10.5 Å². The van der Waals surface area contributed by atoms with Crippen molar-refractivity contribution in [1.82, 2.24) is 9.88 Å². The molecule has 7 heteroatoms. The highest BCUT2D eigenvalue weighted by atomic mass is 32.1. The zero-order valence-corrected chi connectivity index (χ0v) is 17.5. The van der Waals surface area contributed by atoms with Crippen LogP contribution in [0.4, 0.5) is 4.79 Å². The van der Waals surface area contributed by atoms with Crippen molar-refractivity contribution < 1.29 is 19.0 Å². The third-order valence-corrected chi connectivity index (χ3v) is 5.68. The number of thiazole rings is 1. The van der Waals surface area contributed by atoms with E-state index in [1.165, 1.54) is 11.3 Å². The molecule has 0 spiro atoms. The molecule has 4 rings (SSSR count). The number of para-hydroxylation sites is 1. The molecular weight excluding hydrogens is 376 g/mol. The van der Waals surface area contributed by atoms with E-state index in [0.29, 0.717) is 19.0 Å². The third-order valence-electron chi connectivity index (χ3n) is 5.09. The molecular formula is C21H26N2O4S. The molecule has 1 aromatic carbocycles. The van der Waals surface area contributed by atoms with Gasteiger partial charge in [0.15, 0.2) is 11.5 Å². The average Bonchev–Trinajstić information content (AvgIpc) is 3.28. The lowest BCUT2D eigenvalue weighted by molar-refractivity contribution is -0.0717. The summed E-state index contributed by atoms with van der Waals surface area (Å²) < 4.78 is 17.9. The number of nitrogens with zero attached hydrogens (tertiary/aromatic N) is 2. The zero-order chi connectivity index (χ0) is 19.9. The predicted molar refractivity (Wildman–Crippen MR) is 107 cm³/mol. The van der Waals surface area contributed by atoms with Gasteiger partial charge in [-0.2, -0.15) is 0 Å². The molecule has 1 aromatic heterocycles. The second kappa shape index (κ2) is 6.95. The fraction of sp³-hybridized carbons (Fsp3) is 0.524. The second-order valence-corrected chi connectivity index (χ2v) is 9.16. The van der Waals surface area contributed by atoms with Crippen molar-refractivity contribution in [3.63, 3.8) is 0 Å². The van der Waals surface area contributed by atoms with Gasteiger partial charge in [0, 0.05) is 31.0 Å². The number of hydrogen-bond donors (Lipinski definition) is 0. The number of likely N-dealkylation sites (tertiary alicyclic amines) is 1. The van der Waals surface area contributed by atoms with E-state index in [2.05, 4.69) is 11.1 Å². The summed E-state index contributed by atoms with van der Waals surface area (Å²) in [5, 5.41) is 1.95. The Morgan fingerprint density at radius 1 is 1.29 bits per heavy atom. The second-order valence-electron chi connectivity index (χ2n) is 8.44. The summed E-state index contributed by atoms with van der Waals surface area (Å²) in [6.07, 6.45) is 1.50. The van der Waals surface area contributed by atoms with Gasteiger partial charge in [-0.05, 0) is 45.6 Å². The highest BCUT2D eigenvalue weighted by molar-refractivity contribution is 7.07. The maximum Gasteiger partial charge on any atom is 0.410 e. The SMILES string of the molecule is CC(C)(C)OC(=O)N1CCC(c2cccc3c2OC(C)(c2cscn2)O3)CC1. The van der Waals surface area contributed by atoms with Crippen LogP contribution in [0, 0.1) is 0 Å². The summed E-state index contributed by atoms with van der Waals surface area (Å²) in [4.78, 5) is 18.5. The number of carbonyl (C=O) groups excluding carboxylic acids is 1. The Hall–Kier alpha value is -2.28. The summed E-state index contributed by atoms with van der Waals surface area (Å²) in [6.45, 7) is 8.92. The molecule has 1 amide bonds. The molecule has 6 nitrogen and oxygen atoms in total. The van der Waals surface area contributed by atoms with Crippen molar-refractivity contribution in [3.8, 4) is 11.5 Å². The number of amides is 1. The number of hydrogen-bond acceptors (Lipinski definition) is 6. The van der Waals surface area contributed by atoms with Gasteiger partial charge >= 0.3 is 6.09 Å². The molecule has 2 aromatic rings. The first-order chi connectivity index (χ1) is 13.3. The van der Waals surface area contributed by atoms with Gasteiger partial charge in [0.1, 0.15) is 11.3 Å². The Balaban J connectivity index is 1.47. The first-order valence-corrected chi connectivity index (χ1v) is 10.6. The molecule has 2 aliphatic rings. The zero-order valence-electron chi connectivity index (χ0n) is 16.7. The van der Waals surface area contributed by atoms with Crippen LogP contribution in [0.3, 0.4) is 0 Å². The van der Waals surface area contributed by atoms with Gasteiger partial charge in [-0.1, -0.05) is 12.1 Å². The van der Waals surface area contributed by atoms with Crippen molar-refractivity contribution in [2.45, 2.75) is 57.8 Å². The van der Waals surface area contributed by atoms with E-state index in [1.54, 1.807) is 10.4 Å². The van der Waals surface area contributed by atoms with Crippen molar-refractivity contribution in [2.24, 2.45) is 0 Å². The van der Waals surface area contributed by atoms with E-state index in [9.17, 15) is 4.79 Å². The molecule has 3 heterocycles. The predicted octanol–water partition coefficient (Wildman–Crippen LogP) is 4.90. The lowest BCUT2D eigenvalue weighted by atomic mass is 9.89. The van der Waals surface area contributed by atoms with E-state index in [1.807, 2.05) is 45.2 Å². The number of fused-ring (bicyclic) bond motifs is 1. The van der Waals surface area contributed by atoms with E-state index in [0.717, 1.165) is 35.6 Å². The summed E-state index contributed by atoms with van der Waals surface area (Å²) in [7, 11) is 0. The smallest absolute Gasteiger partial charge is 0.410 e. The van der Waals surface area contributed by atoms with E-state index >= 15 is 0 Å². The Kier molecular flexibility index (Phi) is 4.73. The molecule has 0 saturated carbocycles. The maximum absolute atomic E-state index is 12.3. The molecule has 1 saturated heterocycles. The topological polar surface area (TPSA) is 60.9 Å². The van der Waals surface area contributed by atoms with Gasteiger partial charge in [-0.3, -0.25) is 0 Å². The fourth-order valence-corrected chi connectivity index (χ4v) is 4.35. The molecule has 150 valence electrons. The fourth-order valence-electron chi connectivity index (χ4n) is 3.71. The Morgan fingerprint density at radius 2 is 2.04 bits per heavy atom. The van der Waals surface area contributed by atoms with Gasteiger partial charge in [0.25, 0.3) is 5.79 Å². The first-order valence-electron chi connectivity index (χ1n) is 9.63. The van der Waals surface area contributed by atoms with Gasteiger partial charge < -0.3 is 19.1 Å². The third kappa shape index (κ3) is 3.68. The van der Waals surface area contributed by atoms with E-state index in [4.69, 9.17) is 14.2 Å². The molecule has 1 unspecified atom stereocenters. The number of piperidine rings is 1. The minimum Gasteiger partial charge on any atom is -0.444 e. The lowest BCUT2D eigenvalue weighted by Gasteiger charge is -2.34. The quantitative estimate of drug-likeness (QED) is 0.715. The lowest BCUT2D eigenvalue weighted by Crippen LogP contribution is -2.41. The summed E-state index contributed by atoms with van der Waals surface area (Å²) in [5.41, 5.74) is 3.23. The standard InChI is InChI=1S/C21H26N2O4S/c1-20(2,3)27-19(24)23-10-8-14(9-11-23)15-6-5-7-16-18(15)26-21(4,25-16)17-12-28-13-22-17/h5-7,12-14H,8-11H2,1-4H3. The minimum absolute atomic E-state index is 0.236. The first kappa shape index (κ1) is 19.1. The Morgan fingerprint density at radius 3 is 2.68 bits per heavy atom. The number of rotatable bonds is 2. The van der Waals surface area contributed by atoms with Gasteiger partial charge in [0.05, 0.1) is 5.51 Å². The van der Waals surface area contributed by atoms with E-state index < -0.39 is 11.4 Å². The van der Waals surface area contributed by atoms with Crippen LogP contribution in [-0.4, -0.2) is 34.7 Å². The van der Waals surface area contributed by atoms with Gasteiger partial charge in [0.2, 0.25) is 0 Å². The molecule has 28 heavy (non-hydrogen) atoms. The minimum atomic E-state index is -0.893. The van der Waals surface area contributed by atoms with Gasteiger partial charge in [-0.15, -0.1) is 11.3 Å². The van der Waals surface area contributed by atoms with Crippen LogP contribution >= 0.6 is 11.3 Å². The molecule has 0 aliphatic carbocycles. The van der Waals surface area contributed by atoms with E-state index in [-0.39, 0.29) is 6.09 Å². The number of benzene rings is 1. The molecule has 0 radical (unpaired) electrons. The maximum atomic E-state index is 12.3. The number of ether oxygens (including phenoxy) is 3. The molecule has 2 aliphatic heterocycles. The van der Waals surface area contributed by atoms with Gasteiger partial charge in [-0.25, -0.2) is 9.78 Å². The monoisotopic (exact) mass is 402 g/mol. The van der Waals surface area contributed by atoms with Crippen molar-refractivity contribution in [2.75, 3.05) is 13.1 Å². The van der Waals surface area contributed by atoms with Crippen molar-refractivity contribution in [1.29, 1.82) is 0 Å². The highest BCUT2D eigenvalue weighted by Gasteiger charge is 2.42. The summed E-state index contributed by atoms with van der Waals surface area (Å²) in [6, 6.07) is 6.04. The summed E-state index contributed by atoms with van der Waals surface area (Å²) >= 11 is 1.52. The molecule has 0 N–H and O–H groups in total. The molecule has 0 bridgehead atoms. The molecule has 1 atom stereocenters. The van der Waals surface area contributed by atoms with Crippen LogP contribution in [0.5, 0.6) is 11.5 Å². The Labute approximate surface area is 169 Å². The number of carbonyl (C=O) groups is 1. The summed E-state index contributed by atoms with van der Waals surface area (Å²) in [5.74, 6) is 0.974. The largest absolute Gasteiger partial charge is 0.444 e. The van der Waals surface area contributed by atoms with Crippen molar-refractivity contribution in [3.05, 3.63) is 40.3 Å². The average molecular weight is 403 g/mol. The van der Waals surface area contributed by atoms with Crippen LogP contribution in [0.15, 0.2) is 29.1 Å².